The van der Waals surface area contributed by atoms with E-state index in [9.17, 15) is 4.79 Å². The molecule has 0 atom stereocenters. The maximum Gasteiger partial charge on any atom is 0.243 e. The molecule has 4 heteroatoms. The van der Waals surface area contributed by atoms with Gasteiger partial charge in [-0.1, -0.05) is 18.2 Å². The van der Waals surface area contributed by atoms with Crippen LogP contribution in [-0.4, -0.2) is 18.7 Å². The number of para-hydroxylation sites is 1. The topological polar surface area (TPSA) is 50.7 Å². The molecule has 1 aliphatic rings. The molecule has 18 heavy (non-hydrogen) atoms. The highest BCUT2D eigenvalue weighted by molar-refractivity contribution is 5.87. The molecule has 0 spiro atoms. The number of hydrogen-bond donors (Lipinski definition) is 1. The second-order valence-corrected chi connectivity index (χ2v) is 4.59. The number of amides is 1. The van der Waals surface area contributed by atoms with Crippen molar-refractivity contribution in [2.45, 2.75) is 26.2 Å². The van der Waals surface area contributed by atoms with E-state index in [0.717, 1.165) is 29.9 Å². The smallest absolute Gasteiger partial charge is 0.243 e. The third-order valence-electron chi connectivity index (χ3n) is 2.94. The Bertz CT molecular complexity index is 465. The summed E-state index contributed by atoms with van der Waals surface area (Å²) in [6, 6.07) is 7.82. The summed E-state index contributed by atoms with van der Waals surface area (Å²) in [5.41, 5.74) is 4.55. The van der Waals surface area contributed by atoms with Gasteiger partial charge in [0, 0.05) is 18.1 Å². The van der Waals surface area contributed by atoms with Crippen molar-refractivity contribution in [2.24, 2.45) is 11.0 Å². The van der Waals surface area contributed by atoms with E-state index in [1.807, 2.05) is 31.2 Å². The van der Waals surface area contributed by atoms with Crippen molar-refractivity contribution in [3.63, 3.8) is 0 Å². The highest BCUT2D eigenvalue weighted by Gasteiger charge is 2.29. The Hall–Kier alpha value is -1.84. The van der Waals surface area contributed by atoms with Crippen LogP contribution in [0.15, 0.2) is 29.4 Å². The first-order valence-corrected chi connectivity index (χ1v) is 6.15. The van der Waals surface area contributed by atoms with Gasteiger partial charge in [-0.3, -0.25) is 4.79 Å². The van der Waals surface area contributed by atoms with Crippen LogP contribution in [0.2, 0.25) is 0 Å². The predicted molar refractivity (Wildman–Crippen MR) is 70.7 cm³/mol. The van der Waals surface area contributed by atoms with Crippen LogP contribution in [0.5, 0.6) is 5.75 Å². The van der Waals surface area contributed by atoms with Crippen LogP contribution in [0.25, 0.3) is 0 Å². The van der Waals surface area contributed by atoms with E-state index in [4.69, 9.17) is 4.74 Å². The molecule has 1 aliphatic carbocycles. The highest BCUT2D eigenvalue weighted by atomic mass is 16.5. The Morgan fingerprint density at radius 3 is 2.83 bits per heavy atom. The lowest BCUT2D eigenvalue weighted by molar-refractivity contribution is -0.122. The summed E-state index contributed by atoms with van der Waals surface area (Å²) in [6.07, 6.45) is 2.66. The first-order chi connectivity index (χ1) is 8.70. The normalized spacial score (nSPS) is 15.3. The van der Waals surface area contributed by atoms with Crippen LogP contribution in [0.3, 0.4) is 0 Å². The molecular weight excluding hydrogens is 228 g/mol. The molecule has 1 amide bonds. The number of benzene rings is 1. The molecular formula is C14H18N2O2. The standard InChI is InChI=1S/C14H18N2O2/c1-10(15-16-14(17)11-7-8-11)9-12-5-3-4-6-13(12)18-2/h3-6,11H,7-9H2,1-2H3,(H,16,17)/b15-10+. The number of hydrogen-bond acceptors (Lipinski definition) is 3. The van der Waals surface area contributed by atoms with Crippen LogP contribution in [-0.2, 0) is 11.2 Å². The van der Waals surface area contributed by atoms with Crippen molar-refractivity contribution >= 4 is 11.6 Å². The number of nitrogens with one attached hydrogen (secondary N) is 1. The number of rotatable bonds is 5. The Kier molecular flexibility index (Phi) is 3.97. The zero-order chi connectivity index (χ0) is 13.0. The van der Waals surface area contributed by atoms with E-state index in [-0.39, 0.29) is 11.8 Å². The van der Waals surface area contributed by atoms with E-state index in [1.54, 1.807) is 7.11 Å². The van der Waals surface area contributed by atoms with Gasteiger partial charge < -0.3 is 4.74 Å². The number of carbonyl (C=O) groups excluding carboxylic acids is 1. The number of carbonyl (C=O) groups is 1. The van der Waals surface area contributed by atoms with E-state index in [2.05, 4.69) is 10.5 Å². The number of ether oxygens (including phenoxy) is 1. The quantitative estimate of drug-likeness (QED) is 0.639. The fraction of sp³-hybridized carbons (Fsp3) is 0.429. The van der Waals surface area contributed by atoms with Gasteiger partial charge in [-0.05, 0) is 31.4 Å². The average molecular weight is 246 g/mol. The number of hydrazone groups is 1. The summed E-state index contributed by atoms with van der Waals surface area (Å²) in [6.45, 7) is 1.90. The van der Waals surface area contributed by atoms with Crippen molar-refractivity contribution < 1.29 is 9.53 Å². The molecule has 4 nitrogen and oxygen atoms in total. The molecule has 0 saturated heterocycles. The third kappa shape index (κ3) is 3.32. The lowest BCUT2D eigenvalue weighted by atomic mass is 10.1. The molecule has 96 valence electrons. The van der Waals surface area contributed by atoms with Crippen molar-refractivity contribution in [3.8, 4) is 5.75 Å². The molecule has 0 aliphatic heterocycles. The number of nitrogens with zero attached hydrogens (tertiary/aromatic N) is 1. The van der Waals surface area contributed by atoms with Gasteiger partial charge in [-0.15, -0.1) is 0 Å². The van der Waals surface area contributed by atoms with Crippen LogP contribution >= 0.6 is 0 Å². The molecule has 1 fully saturated rings. The summed E-state index contributed by atoms with van der Waals surface area (Å²) < 4.78 is 5.28. The molecule has 1 aromatic carbocycles. The zero-order valence-electron chi connectivity index (χ0n) is 10.8. The van der Waals surface area contributed by atoms with E-state index in [1.165, 1.54) is 0 Å². The average Bonchev–Trinajstić information content (AvgIpc) is 3.21. The summed E-state index contributed by atoms with van der Waals surface area (Å²) >= 11 is 0. The molecule has 1 aromatic rings. The maximum atomic E-state index is 11.4. The molecule has 0 radical (unpaired) electrons. The third-order valence-corrected chi connectivity index (χ3v) is 2.94. The Morgan fingerprint density at radius 2 is 2.17 bits per heavy atom. The molecule has 0 bridgehead atoms. The minimum atomic E-state index is 0.0365. The zero-order valence-corrected chi connectivity index (χ0v) is 10.8. The molecule has 0 heterocycles. The molecule has 2 rings (SSSR count). The Labute approximate surface area is 107 Å². The SMILES string of the molecule is COc1ccccc1C/C(C)=N/NC(=O)C1CC1. The van der Waals surface area contributed by atoms with Gasteiger partial charge in [0.25, 0.3) is 0 Å². The molecule has 0 aromatic heterocycles. The van der Waals surface area contributed by atoms with E-state index < -0.39 is 0 Å². The van der Waals surface area contributed by atoms with Crippen LogP contribution in [0.1, 0.15) is 25.3 Å². The fourth-order valence-corrected chi connectivity index (χ4v) is 1.75. The second kappa shape index (κ2) is 5.67. The second-order valence-electron chi connectivity index (χ2n) is 4.59. The Morgan fingerprint density at radius 1 is 1.44 bits per heavy atom. The van der Waals surface area contributed by atoms with Crippen molar-refractivity contribution in [1.29, 1.82) is 0 Å². The van der Waals surface area contributed by atoms with Gasteiger partial charge >= 0.3 is 0 Å². The lowest BCUT2D eigenvalue weighted by Gasteiger charge is -2.07. The summed E-state index contributed by atoms with van der Waals surface area (Å²) in [7, 11) is 1.65. The predicted octanol–water partition coefficient (Wildman–Crippen LogP) is 2.14. The summed E-state index contributed by atoms with van der Waals surface area (Å²) in [5.74, 6) is 1.07. The van der Waals surface area contributed by atoms with Gasteiger partial charge in [0.05, 0.1) is 7.11 Å². The van der Waals surface area contributed by atoms with Gasteiger partial charge in [-0.2, -0.15) is 5.10 Å². The van der Waals surface area contributed by atoms with Gasteiger partial charge in [-0.25, -0.2) is 5.43 Å². The Balaban J connectivity index is 1.94. The molecule has 1 N–H and O–H groups in total. The van der Waals surface area contributed by atoms with E-state index >= 15 is 0 Å². The van der Waals surface area contributed by atoms with Crippen molar-refractivity contribution in [2.75, 3.05) is 7.11 Å². The molecule has 0 unspecified atom stereocenters. The van der Waals surface area contributed by atoms with Gasteiger partial charge in [0.15, 0.2) is 0 Å². The summed E-state index contributed by atoms with van der Waals surface area (Å²) in [4.78, 5) is 11.4. The van der Waals surface area contributed by atoms with E-state index in [0.29, 0.717) is 6.42 Å². The van der Waals surface area contributed by atoms with Crippen LogP contribution in [0.4, 0.5) is 0 Å². The minimum absolute atomic E-state index is 0.0365. The minimum Gasteiger partial charge on any atom is -0.496 e. The van der Waals surface area contributed by atoms with Crippen molar-refractivity contribution in [1.82, 2.24) is 5.43 Å². The summed E-state index contributed by atoms with van der Waals surface area (Å²) in [5, 5.41) is 4.12. The van der Waals surface area contributed by atoms with Gasteiger partial charge in [0.1, 0.15) is 5.75 Å². The maximum absolute atomic E-state index is 11.4. The van der Waals surface area contributed by atoms with Crippen molar-refractivity contribution in [3.05, 3.63) is 29.8 Å². The van der Waals surface area contributed by atoms with Gasteiger partial charge in [0.2, 0.25) is 5.91 Å². The number of methoxy groups -OCH3 is 1. The fourth-order valence-electron chi connectivity index (χ4n) is 1.75. The monoisotopic (exact) mass is 246 g/mol. The molecule has 1 saturated carbocycles. The largest absolute Gasteiger partial charge is 0.496 e. The first-order valence-electron chi connectivity index (χ1n) is 6.15. The first kappa shape index (κ1) is 12.6. The van der Waals surface area contributed by atoms with Crippen LogP contribution in [0, 0.1) is 5.92 Å². The van der Waals surface area contributed by atoms with Crippen LogP contribution < -0.4 is 10.2 Å². The lowest BCUT2D eigenvalue weighted by Crippen LogP contribution is -2.21. The highest BCUT2D eigenvalue weighted by Crippen LogP contribution is 2.28.